The quantitative estimate of drug-likeness (QED) is 0.515. The Hall–Kier alpha value is -3.89. The fourth-order valence-corrected chi connectivity index (χ4v) is 4.77. The number of ether oxygens (including phenoxy) is 2. The van der Waals surface area contributed by atoms with Crippen LogP contribution in [0.4, 0.5) is 22.0 Å². The zero-order chi connectivity index (χ0) is 26.4. The van der Waals surface area contributed by atoms with Gasteiger partial charge in [-0.15, -0.1) is 10.2 Å². The number of likely N-dealkylation sites (tertiary alicyclic amines) is 1. The third-order valence-corrected chi connectivity index (χ3v) is 6.67. The number of nitrogens with two attached hydrogens (primary N) is 1. The van der Waals surface area contributed by atoms with E-state index >= 15 is 0 Å². The summed E-state index contributed by atoms with van der Waals surface area (Å²) in [5, 5.41) is 13.7. The number of nitrogens with one attached hydrogen (secondary N) is 2. The summed E-state index contributed by atoms with van der Waals surface area (Å²) in [7, 11) is 0. The van der Waals surface area contributed by atoms with Gasteiger partial charge < -0.3 is 30.7 Å². The van der Waals surface area contributed by atoms with Gasteiger partial charge in [0.1, 0.15) is 17.5 Å². The molecule has 1 spiro atoms. The Bertz CT molecular complexity index is 1220. The molecule has 5 rings (SSSR count). The standard InChI is InChI=1S/C26H32N6O5/c1-25(2,3)37-24(35)32-13-26(14-32)11-18(12-26)36-17-6-4-5-16(9-17)28-19-10-20(29-23(34)15-7-8-15)30-31-21(19)22(27)33/h4-6,9-10,15,18H,7-8,11-14H2,1-3H3,(H2,27,33)(H2,28,29,30,34). The zero-order valence-corrected chi connectivity index (χ0v) is 21.2. The number of amides is 3. The van der Waals surface area contributed by atoms with Crippen molar-refractivity contribution in [1.29, 1.82) is 0 Å². The largest absolute Gasteiger partial charge is 0.490 e. The van der Waals surface area contributed by atoms with Crippen LogP contribution >= 0.6 is 0 Å². The monoisotopic (exact) mass is 508 g/mol. The van der Waals surface area contributed by atoms with Gasteiger partial charge in [0.25, 0.3) is 5.91 Å². The number of rotatable bonds is 7. The van der Waals surface area contributed by atoms with E-state index in [1.807, 2.05) is 45.0 Å². The van der Waals surface area contributed by atoms with Gasteiger partial charge in [0.05, 0.1) is 5.69 Å². The number of hydrogen-bond acceptors (Lipinski definition) is 8. The van der Waals surface area contributed by atoms with Gasteiger partial charge in [-0.3, -0.25) is 9.59 Å². The summed E-state index contributed by atoms with van der Waals surface area (Å²) in [5.41, 5.74) is 6.06. The predicted octanol–water partition coefficient (Wildman–Crippen LogP) is 3.45. The van der Waals surface area contributed by atoms with Crippen LogP contribution in [0.3, 0.4) is 0 Å². The topological polar surface area (TPSA) is 149 Å². The molecule has 1 saturated heterocycles. The van der Waals surface area contributed by atoms with Crippen LogP contribution in [0.2, 0.25) is 0 Å². The van der Waals surface area contributed by atoms with E-state index < -0.39 is 11.5 Å². The lowest BCUT2D eigenvalue weighted by molar-refractivity contribution is -0.117. The van der Waals surface area contributed by atoms with Crippen LogP contribution in [0.5, 0.6) is 5.75 Å². The van der Waals surface area contributed by atoms with E-state index in [2.05, 4.69) is 20.8 Å². The van der Waals surface area contributed by atoms with Crippen molar-refractivity contribution >= 4 is 35.1 Å². The summed E-state index contributed by atoms with van der Waals surface area (Å²) in [6.45, 7) is 6.97. The lowest BCUT2D eigenvalue weighted by Gasteiger charge is -2.58. The highest BCUT2D eigenvalue weighted by molar-refractivity contribution is 5.98. The molecular weight excluding hydrogens is 476 g/mol. The molecule has 2 saturated carbocycles. The van der Waals surface area contributed by atoms with Gasteiger partial charge in [0.2, 0.25) is 5.91 Å². The summed E-state index contributed by atoms with van der Waals surface area (Å²) in [6.07, 6.45) is 3.25. The van der Waals surface area contributed by atoms with E-state index in [-0.39, 0.29) is 40.9 Å². The van der Waals surface area contributed by atoms with Crippen molar-refractivity contribution in [1.82, 2.24) is 15.1 Å². The number of nitrogens with zero attached hydrogens (tertiary/aromatic N) is 3. The molecule has 0 bridgehead atoms. The number of carbonyl (C=O) groups excluding carboxylic acids is 3. The summed E-state index contributed by atoms with van der Waals surface area (Å²) in [6, 6.07) is 8.91. The molecule has 2 aromatic rings. The van der Waals surface area contributed by atoms with Crippen molar-refractivity contribution in [2.75, 3.05) is 23.7 Å². The van der Waals surface area contributed by atoms with Crippen molar-refractivity contribution in [3.63, 3.8) is 0 Å². The normalized spacial score (nSPS) is 18.4. The molecule has 2 aliphatic carbocycles. The molecule has 3 fully saturated rings. The van der Waals surface area contributed by atoms with E-state index in [0.29, 0.717) is 30.2 Å². The second kappa shape index (κ2) is 9.20. The number of primary amides is 1. The molecule has 0 unspecified atom stereocenters. The number of anilines is 3. The van der Waals surface area contributed by atoms with E-state index in [9.17, 15) is 14.4 Å². The maximum Gasteiger partial charge on any atom is 0.410 e. The summed E-state index contributed by atoms with van der Waals surface area (Å²) < 4.78 is 11.6. The Kier molecular flexibility index (Phi) is 6.17. The Labute approximate surface area is 215 Å². The van der Waals surface area contributed by atoms with Crippen molar-refractivity contribution < 1.29 is 23.9 Å². The van der Waals surface area contributed by atoms with Gasteiger partial charge in [-0.25, -0.2) is 4.79 Å². The van der Waals surface area contributed by atoms with Crippen LogP contribution in [0, 0.1) is 11.3 Å². The molecule has 1 aromatic heterocycles. The van der Waals surface area contributed by atoms with Crippen LogP contribution in [0.25, 0.3) is 0 Å². The van der Waals surface area contributed by atoms with Gasteiger partial charge >= 0.3 is 6.09 Å². The average Bonchev–Trinajstić information content (AvgIpc) is 3.59. The van der Waals surface area contributed by atoms with Crippen molar-refractivity contribution in [3.8, 4) is 5.75 Å². The molecule has 37 heavy (non-hydrogen) atoms. The summed E-state index contributed by atoms with van der Waals surface area (Å²) in [5.74, 6) is 0.0916. The number of aromatic nitrogens is 2. The first kappa shape index (κ1) is 24.8. The molecule has 0 radical (unpaired) electrons. The van der Waals surface area contributed by atoms with Crippen LogP contribution in [-0.2, 0) is 9.53 Å². The smallest absolute Gasteiger partial charge is 0.410 e. The molecule has 4 N–H and O–H groups in total. The first-order valence-electron chi connectivity index (χ1n) is 12.5. The Balaban J connectivity index is 1.18. The van der Waals surface area contributed by atoms with E-state index in [1.165, 1.54) is 0 Å². The third-order valence-electron chi connectivity index (χ3n) is 6.67. The SMILES string of the molecule is CC(C)(C)OC(=O)N1CC2(CC(Oc3cccc(Nc4cc(NC(=O)C5CC5)nnc4C(N)=O)c3)C2)C1. The van der Waals surface area contributed by atoms with Gasteiger partial charge in [0.15, 0.2) is 11.5 Å². The molecule has 3 amide bonds. The van der Waals surface area contributed by atoms with Crippen LogP contribution in [-0.4, -0.2) is 57.8 Å². The van der Waals surface area contributed by atoms with Crippen molar-refractivity contribution in [2.45, 2.75) is 58.2 Å². The predicted molar refractivity (Wildman–Crippen MR) is 136 cm³/mol. The first-order valence-corrected chi connectivity index (χ1v) is 12.5. The zero-order valence-electron chi connectivity index (χ0n) is 21.2. The minimum absolute atomic E-state index is 0.00817. The second-order valence-corrected chi connectivity index (χ2v) is 11.3. The van der Waals surface area contributed by atoms with Crippen molar-refractivity contribution in [2.24, 2.45) is 17.1 Å². The molecule has 196 valence electrons. The fraction of sp³-hybridized carbons (Fsp3) is 0.500. The maximum absolute atomic E-state index is 12.2. The number of hydrogen-bond donors (Lipinski definition) is 3. The van der Waals surface area contributed by atoms with Gasteiger partial charge in [-0.05, 0) is 58.6 Å². The van der Waals surface area contributed by atoms with Gasteiger partial charge in [-0.2, -0.15) is 0 Å². The molecule has 3 aliphatic rings. The Morgan fingerprint density at radius 3 is 2.49 bits per heavy atom. The molecular formula is C26H32N6O5. The molecule has 2 heterocycles. The molecule has 1 aliphatic heterocycles. The van der Waals surface area contributed by atoms with E-state index in [1.54, 1.807) is 11.0 Å². The minimum atomic E-state index is -0.733. The van der Waals surface area contributed by atoms with Crippen LogP contribution in [0.1, 0.15) is 56.9 Å². The first-order chi connectivity index (χ1) is 17.5. The van der Waals surface area contributed by atoms with Crippen molar-refractivity contribution in [3.05, 3.63) is 36.0 Å². The lowest BCUT2D eigenvalue weighted by Crippen LogP contribution is -2.66. The van der Waals surface area contributed by atoms with Gasteiger partial charge in [-0.1, -0.05) is 6.07 Å². The highest BCUT2D eigenvalue weighted by atomic mass is 16.6. The number of benzene rings is 1. The fourth-order valence-electron chi connectivity index (χ4n) is 4.77. The lowest BCUT2D eigenvalue weighted by atomic mass is 9.62. The molecule has 11 heteroatoms. The highest BCUT2D eigenvalue weighted by Crippen LogP contribution is 2.50. The Morgan fingerprint density at radius 2 is 1.84 bits per heavy atom. The third kappa shape index (κ3) is 5.76. The average molecular weight is 509 g/mol. The second-order valence-electron chi connectivity index (χ2n) is 11.3. The van der Waals surface area contributed by atoms with E-state index in [0.717, 1.165) is 25.7 Å². The summed E-state index contributed by atoms with van der Waals surface area (Å²) >= 11 is 0. The number of carbonyl (C=O) groups is 3. The van der Waals surface area contributed by atoms with Crippen LogP contribution < -0.4 is 21.1 Å². The van der Waals surface area contributed by atoms with E-state index in [4.69, 9.17) is 15.2 Å². The molecule has 11 nitrogen and oxygen atoms in total. The summed E-state index contributed by atoms with van der Waals surface area (Å²) in [4.78, 5) is 37.9. The molecule has 0 atom stereocenters. The highest BCUT2D eigenvalue weighted by Gasteiger charge is 2.55. The Morgan fingerprint density at radius 1 is 1.11 bits per heavy atom. The maximum atomic E-state index is 12.2. The van der Waals surface area contributed by atoms with Crippen LogP contribution in [0.15, 0.2) is 30.3 Å². The minimum Gasteiger partial charge on any atom is -0.490 e. The molecule has 1 aromatic carbocycles. The van der Waals surface area contributed by atoms with Gasteiger partial charge in [0, 0.05) is 42.2 Å².